The van der Waals surface area contributed by atoms with E-state index in [0.29, 0.717) is 5.65 Å². The first-order valence-electron chi connectivity index (χ1n) is 5.65. The minimum Gasteiger partial charge on any atom is -1.00 e. The van der Waals surface area contributed by atoms with Gasteiger partial charge in [-0.05, 0) is 5.82 Å². The number of aromatic nitrogens is 4. The van der Waals surface area contributed by atoms with E-state index in [2.05, 4.69) is 15.0 Å². The van der Waals surface area contributed by atoms with Gasteiger partial charge in [0.25, 0.3) is 0 Å². The second kappa shape index (κ2) is 19.0. The summed E-state index contributed by atoms with van der Waals surface area (Å²) in [7, 11) is 0. The van der Waals surface area contributed by atoms with Crippen molar-refractivity contribution in [3.05, 3.63) is 49.1 Å². The quantitative estimate of drug-likeness (QED) is 0.256. The average Bonchev–Trinajstić information content (AvgIpc) is 2.94. The van der Waals surface area contributed by atoms with Gasteiger partial charge in [0.2, 0.25) is 0 Å². The van der Waals surface area contributed by atoms with Crippen molar-refractivity contribution in [1.82, 2.24) is 19.5 Å². The number of imidazole rings is 1. The van der Waals surface area contributed by atoms with Crippen LogP contribution in [0.25, 0.3) is 47.7 Å². The summed E-state index contributed by atoms with van der Waals surface area (Å²) in [6.45, 7) is -0.403. The predicted molar refractivity (Wildman–Crippen MR) is 88.7 cm³/mol. The van der Waals surface area contributed by atoms with Crippen LogP contribution < -0.4 is 50.9 Å². The number of ether oxygens (including phenoxy) is 1. The van der Waals surface area contributed by atoms with Gasteiger partial charge in [-0.1, -0.05) is 0 Å². The molecule has 3 rings (SSSR count). The fourth-order valence-corrected chi connectivity index (χ4v) is 2.15. The molecule has 1 saturated heterocycles. The molecule has 28 heavy (non-hydrogen) atoms. The zero-order valence-electron chi connectivity index (χ0n) is 14.1. The van der Waals surface area contributed by atoms with Crippen LogP contribution >= 0.6 is 0 Å². The average molecular weight is 687 g/mol. The molecule has 0 saturated carbocycles. The topological polar surface area (TPSA) is 305 Å². The normalized spacial score (nSPS) is 21.1. The number of halogens is 3. The van der Waals surface area contributed by atoms with Crippen LogP contribution in [0.2, 0.25) is 0 Å². The molecular formula is C10H22Br3N10O4Ru-6. The van der Waals surface area contributed by atoms with Gasteiger partial charge in [-0.2, -0.15) is 0 Å². The maximum atomic E-state index is 9.93. The summed E-state index contributed by atoms with van der Waals surface area (Å²) >= 11 is 0. The van der Waals surface area contributed by atoms with Crippen LogP contribution in [0.5, 0.6) is 0 Å². The van der Waals surface area contributed by atoms with E-state index in [9.17, 15) is 10.2 Å². The number of nitrogens with one attached hydrogen (secondary N) is 1. The fourth-order valence-electron chi connectivity index (χ4n) is 2.15. The number of rotatable bonds is 2. The zero-order chi connectivity index (χ0) is 13.6. The Balaban J connectivity index is -0.0000000980. The first kappa shape index (κ1) is 46.3. The molecule has 4 atom stereocenters. The van der Waals surface area contributed by atoms with Crippen molar-refractivity contribution < 1.29 is 90.5 Å². The van der Waals surface area contributed by atoms with Crippen molar-refractivity contribution in [3.63, 3.8) is 0 Å². The number of hydrogen-bond acceptors (Lipinski definition) is 7. The van der Waals surface area contributed by atoms with Crippen LogP contribution in [0, 0.1) is 0 Å². The Hall–Kier alpha value is 0.0534. The number of aliphatic hydroxyl groups excluding tert-OH is 3. The molecule has 2 aromatic heterocycles. The van der Waals surface area contributed by atoms with E-state index in [1.54, 1.807) is 0 Å². The third kappa shape index (κ3) is 8.06. The van der Waals surface area contributed by atoms with E-state index in [1.165, 1.54) is 17.2 Å². The first-order valence-corrected chi connectivity index (χ1v) is 5.65. The van der Waals surface area contributed by atoms with Gasteiger partial charge < -0.3 is 112 Å². The predicted octanol–water partition coefficient (Wildman–Crippen LogP) is -6.28. The molecule has 1 aliphatic rings. The molecule has 1 radical (unpaired) electrons. The molecule has 1 aliphatic heterocycles. The van der Waals surface area contributed by atoms with Crippen molar-refractivity contribution in [2.45, 2.75) is 24.5 Å². The van der Waals surface area contributed by atoms with Gasteiger partial charge >= 0.3 is 19.5 Å². The minimum absolute atomic E-state index is 0. The Bertz CT molecular complexity index is 630. The van der Waals surface area contributed by atoms with Gasteiger partial charge in [-0.25, -0.2) is 9.97 Å². The van der Waals surface area contributed by atoms with Crippen molar-refractivity contribution in [3.8, 4) is 0 Å². The zero-order valence-corrected chi connectivity index (χ0v) is 20.6. The van der Waals surface area contributed by atoms with Crippen LogP contribution in [0.15, 0.2) is 12.7 Å². The molecule has 1 fully saturated rings. The second-order valence-electron chi connectivity index (χ2n) is 4.28. The van der Waals surface area contributed by atoms with Gasteiger partial charge in [-0.15, -0.1) is 0 Å². The third-order valence-corrected chi connectivity index (χ3v) is 3.15. The molecule has 0 amide bonds. The molecule has 3 heterocycles. The van der Waals surface area contributed by atoms with E-state index in [-0.39, 0.29) is 113 Å². The molecule has 18 heteroatoms. The Morgan fingerprint density at radius 3 is 1.96 bits per heavy atom. The maximum absolute atomic E-state index is 9.93. The molecule has 0 unspecified atom stereocenters. The Morgan fingerprint density at radius 1 is 0.964 bits per heavy atom. The van der Waals surface area contributed by atoms with Crippen LogP contribution in [0.1, 0.15) is 6.23 Å². The van der Waals surface area contributed by atoms with E-state index in [1.807, 2.05) is 0 Å². The molecular weight excluding hydrogens is 665 g/mol. The van der Waals surface area contributed by atoms with Crippen LogP contribution in [0.4, 0.5) is 5.82 Å². The summed E-state index contributed by atoms with van der Waals surface area (Å²) in [6.07, 6.45) is -1.60. The van der Waals surface area contributed by atoms with Crippen LogP contribution in [-0.4, -0.2) is 59.8 Å². The Labute approximate surface area is 206 Å². The van der Waals surface area contributed by atoms with Crippen molar-refractivity contribution >= 4 is 17.0 Å². The number of nitrogens with two attached hydrogens (primary N) is 5. The molecule has 2 aromatic rings. The second-order valence-corrected chi connectivity index (χ2v) is 4.28. The summed E-state index contributed by atoms with van der Waals surface area (Å²) in [4.78, 5) is 11.7. The molecule has 0 bridgehead atoms. The Kier molecular flexibility index (Phi) is 31.5. The molecule has 14 N–H and O–H groups in total. The summed E-state index contributed by atoms with van der Waals surface area (Å²) in [6, 6.07) is 0. The van der Waals surface area contributed by atoms with Crippen LogP contribution in [0.3, 0.4) is 0 Å². The SMILES string of the molecule is [Br-].[Br-].[Br-].[NH-]c1ncnc2c1ncn2[C@@H]1O[C@H](CO)[C@@H](O)[C@H]1O.[NH2-].[NH2-].[NH2-].[NH2-].[NH2-].[Ru+3]. The van der Waals surface area contributed by atoms with Crippen molar-refractivity contribution in [1.29, 1.82) is 0 Å². The Morgan fingerprint density at radius 2 is 1.50 bits per heavy atom. The smallest absolute Gasteiger partial charge is 1.00 e. The summed E-state index contributed by atoms with van der Waals surface area (Å²) < 4.78 is 6.79. The largest absolute Gasteiger partial charge is 3.00 e. The van der Waals surface area contributed by atoms with Gasteiger partial charge in [0.1, 0.15) is 23.8 Å². The maximum Gasteiger partial charge on any atom is 3.00 e. The summed E-state index contributed by atoms with van der Waals surface area (Å²) in [5.74, 6) is -0.0320. The van der Waals surface area contributed by atoms with Gasteiger partial charge in [0.05, 0.1) is 12.9 Å². The molecule has 0 aliphatic carbocycles. The van der Waals surface area contributed by atoms with Crippen molar-refractivity contribution in [2.75, 3.05) is 6.61 Å². The van der Waals surface area contributed by atoms with Gasteiger partial charge in [0.15, 0.2) is 11.9 Å². The van der Waals surface area contributed by atoms with Crippen LogP contribution in [-0.2, 0) is 24.2 Å². The molecule has 0 aromatic carbocycles. The van der Waals surface area contributed by atoms with E-state index in [4.69, 9.17) is 15.6 Å². The van der Waals surface area contributed by atoms with Crippen molar-refractivity contribution in [2.24, 2.45) is 0 Å². The number of fused-ring (bicyclic) bond motifs is 1. The molecule has 14 nitrogen and oxygen atoms in total. The molecule has 0 spiro atoms. The minimum atomic E-state index is -1.21. The van der Waals surface area contributed by atoms with E-state index < -0.39 is 31.1 Å². The standard InChI is InChI=1S/C10H12N5O4.3BrH.5H2N.Ru/c11-8-5-9(13-2-12-8)15(3-14-5)10-7(18)6(17)4(1-16)19-10;;;;;;;;;/h2-4,6-7,10,16-18H,1H2,(H-,11,12,13);3*1H;5*1H2;/q-1;;;;5*-1;+3/p-3/t4-,6-,7-,10-;;;;;;;;;/m1........./s1. The fraction of sp³-hybridized carbons (Fsp3) is 0.500. The number of hydrogen-bond donors (Lipinski definition) is 3. The summed E-state index contributed by atoms with van der Waals surface area (Å²) in [5.41, 5.74) is 8.20. The molecule has 171 valence electrons. The third-order valence-electron chi connectivity index (χ3n) is 3.15. The number of nitrogens with zero attached hydrogens (tertiary/aromatic N) is 4. The summed E-state index contributed by atoms with van der Waals surface area (Å²) in [5, 5.41) is 28.7. The first-order chi connectivity index (χ1) is 9.13. The number of aliphatic hydroxyl groups is 3. The van der Waals surface area contributed by atoms with Gasteiger partial charge in [-0.3, -0.25) is 4.57 Å². The van der Waals surface area contributed by atoms with E-state index in [0.717, 1.165) is 0 Å². The monoisotopic (exact) mass is 685 g/mol. The van der Waals surface area contributed by atoms with Gasteiger partial charge in [0, 0.05) is 6.33 Å². The van der Waals surface area contributed by atoms with E-state index >= 15 is 0 Å².